The van der Waals surface area contributed by atoms with Crippen molar-refractivity contribution in [2.24, 2.45) is 5.92 Å². The highest BCUT2D eigenvalue weighted by Gasteiger charge is 2.37. The largest absolute Gasteiger partial charge is 0.348 e. The maximum Gasteiger partial charge on any atom is 0.266 e. The Kier molecular flexibility index (Phi) is 5.71. The molecular weight excluding hydrogens is 361 g/mol. The van der Waals surface area contributed by atoms with Gasteiger partial charge in [0.05, 0.1) is 24.1 Å². The van der Waals surface area contributed by atoms with Crippen molar-refractivity contribution in [2.45, 2.75) is 44.1 Å². The van der Waals surface area contributed by atoms with Crippen LogP contribution in [-0.4, -0.2) is 43.1 Å². The van der Waals surface area contributed by atoms with E-state index in [1.165, 1.54) is 6.07 Å². The quantitative estimate of drug-likeness (QED) is 0.698. The van der Waals surface area contributed by atoms with E-state index >= 15 is 0 Å². The van der Waals surface area contributed by atoms with Crippen molar-refractivity contribution >= 4 is 11.8 Å². The van der Waals surface area contributed by atoms with Gasteiger partial charge in [0.1, 0.15) is 12.1 Å². The number of carbonyl (C=O) groups is 2. The average molecular weight is 384 g/mol. The molecule has 27 heavy (non-hydrogen) atoms. The fourth-order valence-corrected chi connectivity index (χ4v) is 3.21. The van der Waals surface area contributed by atoms with Gasteiger partial charge in [-0.25, -0.2) is 13.2 Å². The predicted octanol–water partition coefficient (Wildman–Crippen LogP) is 1.65. The van der Waals surface area contributed by atoms with Crippen LogP contribution >= 0.6 is 0 Å². The lowest BCUT2D eigenvalue weighted by molar-refractivity contribution is -0.134. The minimum absolute atomic E-state index is 0.00770. The van der Waals surface area contributed by atoms with E-state index < -0.39 is 36.2 Å². The third-order valence-electron chi connectivity index (χ3n) is 4.89. The van der Waals surface area contributed by atoms with Gasteiger partial charge in [0.2, 0.25) is 11.8 Å². The zero-order valence-corrected chi connectivity index (χ0v) is 15.1. The van der Waals surface area contributed by atoms with Crippen molar-refractivity contribution in [1.82, 2.24) is 20.9 Å². The van der Waals surface area contributed by atoms with E-state index in [0.29, 0.717) is 5.56 Å². The van der Waals surface area contributed by atoms with Crippen LogP contribution in [0.25, 0.3) is 0 Å². The molecule has 9 heteroatoms. The summed E-state index contributed by atoms with van der Waals surface area (Å²) < 4.78 is 39.5. The predicted molar refractivity (Wildman–Crippen MR) is 92.1 cm³/mol. The fraction of sp³-hybridized carbons (Fsp3) is 0.556. The Hall–Kier alpha value is -2.13. The van der Waals surface area contributed by atoms with Crippen molar-refractivity contribution in [3.63, 3.8) is 0 Å². The van der Waals surface area contributed by atoms with Gasteiger partial charge in [-0.1, -0.05) is 12.1 Å². The molecule has 0 aromatic heterocycles. The number of nitrogens with one attached hydrogen (secondary N) is 3. The number of nitrogens with zero attached hydrogens (tertiary/aromatic N) is 1. The van der Waals surface area contributed by atoms with E-state index in [-0.39, 0.29) is 24.2 Å². The van der Waals surface area contributed by atoms with Crippen LogP contribution in [0, 0.1) is 11.7 Å². The number of hydrogen-bond acceptors (Lipinski definition) is 4. The summed E-state index contributed by atoms with van der Waals surface area (Å²) in [5, 5.41) is 8.63. The highest BCUT2D eigenvalue weighted by atomic mass is 19.3. The van der Waals surface area contributed by atoms with Crippen molar-refractivity contribution in [3.8, 4) is 0 Å². The van der Waals surface area contributed by atoms with Crippen molar-refractivity contribution in [1.29, 1.82) is 0 Å². The Morgan fingerprint density at radius 1 is 1.30 bits per heavy atom. The van der Waals surface area contributed by atoms with Crippen LogP contribution in [0.3, 0.4) is 0 Å². The molecule has 2 unspecified atom stereocenters. The molecule has 2 amide bonds. The molecule has 6 nitrogen and oxygen atoms in total. The Balaban J connectivity index is 1.74. The highest BCUT2D eigenvalue weighted by molar-refractivity contribution is 5.89. The molecule has 148 valence electrons. The molecule has 2 fully saturated rings. The van der Waals surface area contributed by atoms with E-state index in [4.69, 9.17) is 0 Å². The third-order valence-corrected chi connectivity index (χ3v) is 4.89. The molecule has 3 N–H and O–H groups in total. The number of alkyl halides is 2. The van der Waals surface area contributed by atoms with Crippen LogP contribution < -0.4 is 16.0 Å². The van der Waals surface area contributed by atoms with E-state index in [2.05, 4.69) is 16.0 Å². The third kappa shape index (κ3) is 4.59. The highest BCUT2D eigenvalue weighted by Crippen LogP contribution is 2.41. The maximum absolute atomic E-state index is 14.0. The number of carbonyl (C=O) groups excluding carboxylic acids is 2. The van der Waals surface area contributed by atoms with Crippen LogP contribution in [-0.2, 0) is 9.59 Å². The second kappa shape index (κ2) is 7.85. The van der Waals surface area contributed by atoms with E-state index in [1.54, 1.807) is 19.0 Å². The van der Waals surface area contributed by atoms with Gasteiger partial charge in [-0.05, 0) is 44.5 Å². The first-order valence-electron chi connectivity index (χ1n) is 8.86. The molecule has 1 aliphatic heterocycles. The first-order valence-corrected chi connectivity index (χ1v) is 8.86. The van der Waals surface area contributed by atoms with Gasteiger partial charge in [-0.2, -0.15) is 0 Å². The van der Waals surface area contributed by atoms with Gasteiger partial charge >= 0.3 is 0 Å². The Morgan fingerprint density at radius 3 is 2.56 bits per heavy atom. The van der Waals surface area contributed by atoms with Gasteiger partial charge in [0, 0.05) is 0 Å². The van der Waals surface area contributed by atoms with Gasteiger partial charge < -0.3 is 10.6 Å². The van der Waals surface area contributed by atoms with Crippen LogP contribution in [0.5, 0.6) is 0 Å². The topological polar surface area (TPSA) is 73.5 Å². The molecule has 3 atom stereocenters. The average Bonchev–Trinajstić information content (AvgIpc) is 3.43. The molecule has 1 saturated carbocycles. The van der Waals surface area contributed by atoms with Crippen molar-refractivity contribution in [2.75, 3.05) is 14.1 Å². The lowest BCUT2D eigenvalue weighted by atomic mass is 9.99. The fourth-order valence-electron chi connectivity index (χ4n) is 3.21. The number of rotatable bonds is 6. The first kappa shape index (κ1) is 19.6. The molecule has 1 aromatic rings. The summed E-state index contributed by atoms with van der Waals surface area (Å²) >= 11 is 0. The minimum atomic E-state index is -2.89. The Bertz CT molecular complexity index is 725. The van der Waals surface area contributed by atoms with E-state index in [0.717, 1.165) is 25.0 Å². The van der Waals surface area contributed by atoms with Crippen LogP contribution in [0.15, 0.2) is 18.2 Å². The first-order chi connectivity index (χ1) is 12.8. The zero-order chi connectivity index (χ0) is 19.7. The van der Waals surface area contributed by atoms with Gasteiger partial charge in [-0.15, -0.1) is 0 Å². The van der Waals surface area contributed by atoms with Crippen LogP contribution in [0.1, 0.15) is 42.9 Å². The summed E-state index contributed by atoms with van der Waals surface area (Å²) in [7, 11) is 3.52. The molecule has 1 aliphatic carbocycles. The molecule has 1 saturated heterocycles. The van der Waals surface area contributed by atoms with Crippen LogP contribution in [0.4, 0.5) is 13.2 Å². The SMILES string of the molecule is CN(C)C1NC(=O)CC(C(=O)N[C@@H](c2ccc(C(F)F)c(F)c2)C2CC2)N1. The van der Waals surface area contributed by atoms with Gasteiger partial charge in [-0.3, -0.25) is 19.8 Å². The molecular formula is C18H23F3N4O2. The maximum atomic E-state index is 14.0. The molecule has 3 rings (SSSR count). The summed E-state index contributed by atoms with van der Waals surface area (Å²) in [6.07, 6.45) is -1.64. The summed E-state index contributed by atoms with van der Waals surface area (Å²) in [6.45, 7) is 0. The summed E-state index contributed by atoms with van der Waals surface area (Å²) in [6, 6.07) is 2.36. The Morgan fingerprint density at radius 2 is 2.00 bits per heavy atom. The number of hydrogen-bond donors (Lipinski definition) is 3. The number of halogens is 3. The lowest BCUT2D eigenvalue weighted by Gasteiger charge is -2.35. The number of amides is 2. The van der Waals surface area contributed by atoms with Crippen molar-refractivity contribution < 1.29 is 22.8 Å². The molecule has 2 aliphatic rings. The molecule has 0 bridgehead atoms. The Labute approximate surface area is 155 Å². The molecule has 1 heterocycles. The molecule has 0 radical (unpaired) electrons. The zero-order valence-electron chi connectivity index (χ0n) is 15.1. The smallest absolute Gasteiger partial charge is 0.266 e. The summed E-state index contributed by atoms with van der Waals surface area (Å²) in [4.78, 5) is 26.3. The second-order valence-corrected chi connectivity index (χ2v) is 7.26. The lowest BCUT2D eigenvalue weighted by Crippen LogP contribution is -2.65. The van der Waals surface area contributed by atoms with E-state index in [9.17, 15) is 22.8 Å². The van der Waals surface area contributed by atoms with E-state index in [1.807, 2.05) is 0 Å². The monoisotopic (exact) mass is 384 g/mol. The summed E-state index contributed by atoms with van der Waals surface area (Å²) in [5.41, 5.74) is -0.198. The van der Waals surface area contributed by atoms with Gasteiger partial charge in [0.25, 0.3) is 6.43 Å². The molecule has 0 spiro atoms. The minimum Gasteiger partial charge on any atom is -0.348 e. The number of benzene rings is 1. The normalized spacial score (nSPS) is 24.0. The summed E-state index contributed by atoms with van der Waals surface area (Å²) in [5.74, 6) is -1.46. The van der Waals surface area contributed by atoms with Crippen molar-refractivity contribution in [3.05, 3.63) is 35.1 Å². The van der Waals surface area contributed by atoms with Crippen LogP contribution in [0.2, 0.25) is 0 Å². The molecule has 1 aromatic carbocycles. The second-order valence-electron chi connectivity index (χ2n) is 7.26. The van der Waals surface area contributed by atoms with Gasteiger partial charge in [0.15, 0.2) is 0 Å². The standard InChI is InChI=1S/C18H23F3N4O2/c1-25(2)18-22-13(8-14(26)23-18)17(27)24-15(9-3-4-9)10-5-6-11(16(20)21)12(19)7-10/h5-7,9,13,15-16,18,22H,3-4,8H2,1-2H3,(H,23,26)(H,24,27)/t13?,15-,18?/m1/s1.